The summed E-state index contributed by atoms with van der Waals surface area (Å²) in [6.45, 7) is 4.19. The van der Waals surface area contributed by atoms with E-state index in [2.05, 4.69) is 0 Å². The van der Waals surface area contributed by atoms with Gasteiger partial charge in [0.05, 0.1) is 31.4 Å². The summed E-state index contributed by atoms with van der Waals surface area (Å²) < 4.78 is 22.9. The van der Waals surface area contributed by atoms with Crippen molar-refractivity contribution in [1.29, 1.82) is 0 Å². The Bertz CT molecular complexity index is 1540. The highest BCUT2D eigenvalue weighted by molar-refractivity contribution is 6.16. The van der Waals surface area contributed by atoms with Gasteiger partial charge in [0.1, 0.15) is 11.5 Å². The Morgan fingerprint density at radius 2 is 1.74 bits per heavy atom. The molecule has 1 N–H and O–H groups in total. The van der Waals surface area contributed by atoms with Crippen molar-refractivity contribution in [3.63, 3.8) is 0 Å². The quantitative estimate of drug-likeness (QED) is 0.244. The SMILES string of the molecule is COc1cccc2cc(C(=O)C3=C(O)C(=O)N(CCOC(C)C)C3c3cccc(Oc4ccccc4)c3)oc12. The molecule has 5 rings (SSSR count). The van der Waals surface area contributed by atoms with E-state index in [0.717, 1.165) is 0 Å². The number of aliphatic hydroxyl groups excluding tert-OH is 1. The highest BCUT2D eigenvalue weighted by Gasteiger charge is 2.44. The average Bonchev–Trinajstić information content (AvgIpc) is 3.48. The number of benzene rings is 3. The van der Waals surface area contributed by atoms with Gasteiger partial charge in [-0.2, -0.15) is 0 Å². The van der Waals surface area contributed by atoms with Gasteiger partial charge in [0, 0.05) is 11.9 Å². The summed E-state index contributed by atoms with van der Waals surface area (Å²) in [4.78, 5) is 28.6. The zero-order chi connectivity index (χ0) is 27.5. The van der Waals surface area contributed by atoms with Gasteiger partial charge in [0.15, 0.2) is 22.9 Å². The molecular formula is C31H29NO7. The molecule has 39 heavy (non-hydrogen) atoms. The number of methoxy groups -OCH3 is 1. The standard InChI is InChI=1S/C31H29NO7/c1-19(2)37-16-15-32-27(20-9-7-13-23(17-20)38-22-11-5-4-6-12-22)26(29(34)31(32)35)28(33)25-18-21-10-8-14-24(36-3)30(21)39-25/h4-14,17-19,27,34H,15-16H2,1-3H3. The Labute approximate surface area is 226 Å². The molecule has 8 nitrogen and oxygen atoms in total. The third-order valence-electron chi connectivity index (χ3n) is 6.44. The molecule has 0 fully saturated rings. The van der Waals surface area contributed by atoms with Crippen LogP contribution in [-0.2, 0) is 9.53 Å². The summed E-state index contributed by atoms with van der Waals surface area (Å²) >= 11 is 0. The number of hydrogen-bond acceptors (Lipinski definition) is 7. The normalized spacial score (nSPS) is 15.4. The van der Waals surface area contributed by atoms with E-state index in [-0.39, 0.29) is 30.6 Å². The molecule has 2 heterocycles. The lowest BCUT2D eigenvalue weighted by atomic mass is 9.95. The average molecular weight is 528 g/mol. The topological polar surface area (TPSA) is 98.4 Å². The Morgan fingerprint density at radius 1 is 1.00 bits per heavy atom. The zero-order valence-corrected chi connectivity index (χ0v) is 21.9. The van der Waals surface area contributed by atoms with E-state index >= 15 is 0 Å². The van der Waals surface area contributed by atoms with Crippen molar-refractivity contribution in [2.24, 2.45) is 0 Å². The summed E-state index contributed by atoms with van der Waals surface area (Å²) in [5.74, 6) is -0.227. The van der Waals surface area contributed by atoms with Crippen LogP contribution in [-0.4, -0.2) is 48.1 Å². The second-order valence-corrected chi connectivity index (χ2v) is 9.39. The van der Waals surface area contributed by atoms with Crippen LogP contribution in [0.15, 0.2) is 94.6 Å². The van der Waals surface area contributed by atoms with E-state index in [1.54, 1.807) is 48.5 Å². The van der Waals surface area contributed by atoms with E-state index < -0.39 is 23.5 Å². The third kappa shape index (κ3) is 5.24. The van der Waals surface area contributed by atoms with Crippen molar-refractivity contribution < 1.29 is 33.3 Å². The number of rotatable bonds is 10. The monoisotopic (exact) mass is 527 g/mol. The first-order valence-electron chi connectivity index (χ1n) is 12.7. The maximum Gasteiger partial charge on any atom is 0.290 e. The number of aliphatic hydroxyl groups is 1. The number of fused-ring (bicyclic) bond motifs is 1. The van der Waals surface area contributed by atoms with Crippen LogP contribution in [0, 0.1) is 0 Å². The predicted molar refractivity (Wildman–Crippen MR) is 145 cm³/mol. The third-order valence-corrected chi connectivity index (χ3v) is 6.44. The second-order valence-electron chi connectivity index (χ2n) is 9.39. The van der Waals surface area contributed by atoms with Crippen molar-refractivity contribution in [2.45, 2.75) is 26.0 Å². The molecule has 1 aliphatic heterocycles. The molecule has 1 unspecified atom stereocenters. The molecule has 0 saturated carbocycles. The van der Waals surface area contributed by atoms with E-state index in [9.17, 15) is 14.7 Å². The number of furan rings is 1. The van der Waals surface area contributed by atoms with E-state index in [1.165, 1.54) is 12.0 Å². The predicted octanol–water partition coefficient (Wildman–Crippen LogP) is 6.24. The van der Waals surface area contributed by atoms with Crippen LogP contribution in [0.2, 0.25) is 0 Å². The van der Waals surface area contributed by atoms with Gasteiger partial charge in [0.25, 0.3) is 5.91 Å². The van der Waals surface area contributed by atoms with E-state index in [0.29, 0.717) is 33.8 Å². The maximum atomic E-state index is 13.9. The summed E-state index contributed by atoms with van der Waals surface area (Å²) in [5.41, 5.74) is 0.937. The van der Waals surface area contributed by atoms with Gasteiger partial charge in [-0.15, -0.1) is 0 Å². The first-order chi connectivity index (χ1) is 18.9. The molecule has 0 aliphatic carbocycles. The molecule has 0 radical (unpaired) electrons. The van der Waals surface area contributed by atoms with Gasteiger partial charge < -0.3 is 28.6 Å². The lowest BCUT2D eigenvalue weighted by Crippen LogP contribution is -2.34. The Hall–Kier alpha value is -4.56. The number of amides is 1. The number of ether oxygens (including phenoxy) is 3. The minimum atomic E-state index is -0.879. The number of para-hydroxylation sites is 2. The molecule has 1 atom stereocenters. The number of Topliss-reactive ketones (excluding diaryl/α,β-unsaturated/α-hetero) is 1. The van der Waals surface area contributed by atoms with Gasteiger partial charge in [-0.25, -0.2) is 0 Å². The molecule has 200 valence electrons. The minimum Gasteiger partial charge on any atom is -0.503 e. The van der Waals surface area contributed by atoms with Crippen LogP contribution < -0.4 is 9.47 Å². The van der Waals surface area contributed by atoms with Crippen LogP contribution in [0.4, 0.5) is 0 Å². The van der Waals surface area contributed by atoms with Crippen molar-refractivity contribution in [1.82, 2.24) is 4.90 Å². The van der Waals surface area contributed by atoms with Gasteiger partial charge in [-0.3, -0.25) is 9.59 Å². The van der Waals surface area contributed by atoms with Crippen molar-refractivity contribution in [3.8, 4) is 17.2 Å². The fourth-order valence-electron chi connectivity index (χ4n) is 4.66. The minimum absolute atomic E-state index is 0.00850. The smallest absolute Gasteiger partial charge is 0.290 e. The van der Waals surface area contributed by atoms with Crippen LogP contribution in [0.1, 0.15) is 36.0 Å². The first kappa shape index (κ1) is 26.1. The molecule has 1 aromatic heterocycles. The fourth-order valence-corrected chi connectivity index (χ4v) is 4.66. The van der Waals surface area contributed by atoms with Crippen LogP contribution >= 0.6 is 0 Å². The largest absolute Gasteiger partial charge is 0.503 e. The highest BCUT2D eigenvalue weighted by atomic mass is 16.5. The maximum absolute atomic E-state index is 13.9. The Balaban J connectivity index is 1.55. The van der Waals surface area contributed by atoms with Gasteiger partial charge >= 0.3 is 0 Å². The molecule has 0 saturated heterocycles. The zero-order valence-electron chi connectivity index (χ0n) is 21.9. The first-order valence-corrected chi connectivity index (χ1v) is 12.7. The number of carbonyl (C=O) groups excluding carboxylic acids is 2. The van der Waals surface area contributed by atoms with Crippen molar-refractivity contribution in [3.05, 3.63) is 102 Å². The van der Waals surface area contributed by atoms with E-state index in [4.69, 9.17) is 18.6 Å². The second kappa shape index (κ2) is 11.0. The number of carbonyl (C=O) groups is 2. The lowest BCUT2D eigenvalue weighted by molar-refractivity contribution is -0.130. The molecule has 8 heteroatoms. The summed E-state index contributed by atoms with van der Waals surface area (Å²) in [6.07, 6.45) is -0.0445. The van der Waals surface area contributed by atoms with Crippen LogP contribution in [0.25, 0.3) is 11.0 Å². The molecular weight excluding hydrogens is 498 g/mol. The number of ketones is 1. The van der Waals surface area contributed by atoms with Crippen LogP contribution in [0.5, 0.6) is 17.2 Å². The molecule has 1 aliphatic rings. The van der Waals surface area contributed by atoms with E-state index in [1.807, 2.05) is 44.2 Å². The molecule has 1 amide bonds. The molecule has 0 spiro atoms. The molecule has 4 aromatic rings. The summed E-state index contributed by atoms with van der Waals surface area (Å²) in [5, 5.41) is 11.7. The molecule has 0 bridgehead atoms. The summed E-state index contributed by atoms with van der Waals surface area (Å²) in [6, 6.07) is 22.4. The van der Waals surface area contributed by atoms with Crippen molar-refractivity contribution in [2.75, 3.05) is 20.3 Å². The number of nitrogens with zero attached hydrogens (tertiary/aromatic N) is 1. The van der Waals surface area contributed by atoms with Crippen molar-refractivity contribution >= 4 is 22.7 Å². The van der Waals surface area contributed by atoms with Crippen LogP contribution in [0.3, 0.4) is 0 Å². The highest BCUT2D eigenvalue weighted by Crippen LogP contribution is 2.41. The lowest BCUT2D eigenvalue weighted by Gasteiger charge is -2.27. The van der Waals surface area contributed by atoms with Gasteiger partial charge in [-0.1, -0.05) is 42.5 Å². The fraction of sp³-hybridized carbons (Fsp3) is 0.226. The Kier molecular flexibility index (Phi) is 7.38. The summed E-state index contributed by atoms with van der Waals surface area (Å²) in [7, 11) is 1.51. The molecule has 3 aromatic carbocycles. The van der Waals surface area contributed by atoms with Gasteiger partial charge in [0.2, 0.25) is 5.78 Å². The van der Waals surface area contributed by atoms with Gasteiger partial charge in [-0.05, 0) is 55.8 Å². The number of hydrogen-bond donors (Lipinski definition) is 1. The Morgan fingerprint density at radius 3 is 2.49 bits per heavy atom.